The van der Waals surface area contributed by atoms with Crippen LogP contribution in [-0.2, 0) is 6.54 Å². The van der Waals surface area contributed by atoms with Crippen LogP contribution in [0.5, 0.6) is 0 Å². The van der Waals surface area contributed by atoms with Crippen LogP contribution in [0.3, 0.4) is 0 Å². The Labute approximate surface area is 183 Å². The van der Waals surface area contributed by atoms with Crippen LogP contribution in [0.25, 0.3) is 22.2 Å². The molecule has 5 nitrogen and oxygen atoms in total. The summed E-state index contributed by atoms with van der Waals surface area (Å²) < 4.78 is 6.03. The third-order valence-corrected chi connectivity index (χ3v) is 6.29. The summed E-state index contributed by atoms with van der Waals surface area (Å²) in [7, 11) is 0. The molecule has 0 bridgehead atoms. The predicted molar refractivity (Wildman–Crippen MR) is 124 cm³/mol. The maximum atomic E-state index is 6.03. The predicted octanol–water partition coefficient (Wildman–Crippen LogP) is 5.08. The lowest BCUT2D eigenvalue weighted by molar-refractivity contribution is 0.0878. The second kappa shape index (κ2) is 8.61. The lowest BCUT2D eigenvalue weighted by atomic mass is 10.0. The molecule has 3 aromatic carbocycles. The molecule has 1 aliphatic heterocycles. The van der Waals surface area contributed by atoms with Crippen molar-refractivity contribution >= 4 is 10.8 Å². The van der Waals surface area contributed by atoms with Gasteiger partial charge in [-0.1, -0.05) is 60.2 Å². The van der Waals surface area contributed by atoms with E-state index in [2.05, 4.69) is 88.4 Å². The smallest absolute Gasteiger partial charge is 0.247 e. The second-order valence-electron chi connectivity index (χ2n) is 8.44. The first-order chi connectivity index (χ1) is 15.2. The van der Waals surface area contributed by atoms with E-state index in [0.717, 1.165) is 38.3 Å². The molecule has 0 spiro atoms. The summed E-state index contributed by atoms with van der Waals surface area (Å²) in [6.07, 6.45) is 0. The van der Waals surface area contributed by atoms with E-state index in [9.17, 15) is 0 Å². The number of aryl methyl sites for hydroxylation is 1. The monoisotopic (exact) mass is 412 g/mol. The molecule has 2 heterocycles. The van der Waals surface area contributed by atoms with Crippen LogP contribution in [0.2, 0.25) is 0 Å². The minimum atomic E-state index is 0.116. The van der Waals surface area contributed by atoms with Gasteiger partial charge in [0.25, 0.3) is 0 Å². The number of piperazine rings is 1. The molecule has 0 unspecified atom stereocenters. The Morgan fingerprint density at radius 3 is 2.52 bits per heavy atom. The summed E-state index contributed by atoms with van der Waals surface area (Å²) in [5, 5.41) is 11.3. The fourth-order valence-electron chi connectivity index (χ4n) is 4.43. The standard InChI is InChI=1S/C26H28N4O/c1-19-7-5-10-22(17-19)26-28-27-25(31-26)20(2)30-15-13-29(14-16-30)18-23-11-6-9-21-8-3-4-12-24(21)23/h3-12,17,20H,13-16,18H2,1-2H3/t20-/m1/s1. The van der Waals surface area contributed by atoms with Gasteiger partial charge in [-0.25, -0.2) is 0 Å². The number of rotatable bonds is 5. The largest absolute Gasteiger partial charge is 0.419 e. The number of aromatic nitrogens is 2. The van der Waals surface area contributed by atoms with Crippen LogP contribution in [0.1, 0.15) is 30.0 Å². The van der Waals surface area contributed by atoms with Crippen molar-refractivity contribution in [2.24, 2.45) is 0 Å². The van der Waals surface area contributed by atoms with Gasteiger partial charge < -0.3 is 4.42 Å². The molecule has 1 aliphatic rings. The quantitative estimate of drug-likeness (QED) is 0.458. The van der Waals surface area contributed by atoms with Gasteiger partial charge in [-0.05, 0) is 42.3 Å². The molecular weight excluding hydrogens is 384 g/mol. The molecule has 1 fully saturated rings. The first kappa shape index (κ1) is 19.9. The lowest BCUT2D eigenvalue weighted by Gasteiger charge is -2.37. The first-order valence-corrected chi connectivity index (χ1v) is 11.0. The molecule has 0 aliphatic carbocycles. The number of benzene rings is 3. The van der Waals surface area contributed by atoms with Gasteiger partial charge >= 0.3 is 0 Å². The Morgan fingerprint density at radius 1 is 0.903 bits per heavy atom. The fourth-order valence-corrected chi connectivity index (χ4v) is 4.43. The molecule has 5 rings (SSSR count). The van der Waals surface area contributed by atoms with E-state index in [1.807, 2.05) is 12.1 Å². The molecule has 0 saturated carbocycles. The molecular formula is C26H28N4O. The van der Waals surface area contributed by atoms with Gasteiger partial charge in [0.2, 0.25) is 11.8 Å². The van der Waals surface area contributed by atoms with Gasteiger partial charge in [0, 0.05) is 38.3 Å². The third kappa shape index (κ3) is 4.24. The van der Waals surface area contributed by atoms with E-state index in [1.165, 1.54) is 21.9 Å². The summed E-state index contributed by atoms with van der Waals surface area (Å²) in [5.74, 6) is 1.29. The zero-order valence-corrected chi connectivity index (χ0v) is 18.2. The zero-order chi connectivity index (χ0) is 21.2. The highest BCUT2D eigenvalue weighted by Gasteiger charge is 2.26. The van der Waals surface area contributed by atoms with Crippen LogP contribution in [0.15, 0.2) is 71.1 Å². The van der Waals surface area contributed by atoms with Crippen LogP contribution < -0.4 is 0 Å². The van der Waals surface area contributed by atoms with Crippen molar-refractivity contribution in [2.45, 2.75) is 26.4 Å². The molecule has 31 heavy (non-hydrogen) atoms. The minimum absolute atomic E-state index is 0.116. The lowest BCUT2D eigenvalue weighted by Crippen LogP contribution is -2.46. The SMILES string of the molecule is Cc1cccc(-c2nnc([C@@H](C)N3CCN(Cc4cccc5ccccc45)CC3)o2)c1. The van der Waals surface area contributed by atoms with E-state index < -0.39 is 0 Å². The first-order valence-electron chi connectivity index (χ1n) is 11.0. The second-order valence-corrected chi connectivity index (χ2v) is 8.44. The van der Waals surface area contributed by atoms with Crippen molar-refractivity contribution in [1.82, 2.24) is 20.0 Å². The number of hydrogen-bond acceptors (Lipinski definition) is 5. The van der Waals surface area contributed by atoms with Gasteiger partial charge in [0.05, 0.1) is 6.04 Å². The third-order valence-electron chi connectivity index (χ3n) is 6.29. The molecule has 1 atom stereocenters. The van der Waals surface area contributed by atoms with E-state index in [0.29, 0.717) is 11.8 Å². The fraction of sp³-hybridized carbons (Fsp3) is 0.308. The van der Waals surface area contributed by atoms with Gasteiger partial charge in [0.1, 0.15) is 0 Å². The minimum Gasteiger partial charge on any atom is -0.419 e. The van der Waals surface area contributed by atoms with Gasteiger partial charge in [-0.15, -0.1) is 10.2 Å². The van der Waals surface area contributed by atoms with Crippen molar-refractivity contribution in [1.29, 1.82) is 0 Å². The van der Waals surface area contributed by atoms with Crippen molar-refractivity contribution in [3.63, 3.8) is 0 Å². The Bertz CT molecular complexity index is 1170. The highest BCUT2D eigenvalue weighted by molar-refractivity contribution is 5.85. The maximum Gasteiger partial charge on any atom is 0.247 e. The van der Waals surface area contributed by atoms with Crippen LogP contribution in [0, 0.1) is 6.92 Å². The summed E-state index contributed by atoms with van der Waals surface area (Å²) in [5.41, 5.74) is 3.57. The van der Waals surface area contributed by atoms with Crippen molar-refractivity contribution in [2.75, 3.05) is 26.2 Å². The average Bonchev–Trinajstić information content (AvgIpc) is 3.30. The number of hydrogen-bond donors (Lipinski definition) is 0. The summed E-state index contributed by atoms with van der Waals surface area (Å²) in [4.78, 5) is 4.98. The molecule has 0 amide bonds. The zero-order valence-electron chi connectivity index (χ0n) is 18.2. The Kier molecular flexibility index (Phi) is 5.53. The van der Waals surface area contributed by atoms with Gasteiger partial charge in [0.15, 0.2) is 0 Å². The normalized spacial score (nSPS) is 16.6. The Morgan fingerprint density at radius 2 is 1.68 bits per heavy atom. The van der Waals surface area contributed by atoms with Gasteiger partial charge in [-0.2, -0.15) is 0 Å². The van der Waals surface area contributed by atoms with Crippen LogP contribution in [0.4, 0.5) is 0 Å². The molecule has 0 radical (unpaired) electrons. The molecule has 4 aromatic rings. The maximum absolute atomic E-state index is 6.03. The van der Waals surface area contributed by atoms with E-state index in [1.54, 1.807) is 0 Å². The van der Waals surface area contributed by atoms with E-state index >= 15 is 0 Å². The highest BCUT2D eigenvalue weighted by Crippen LogP contribution is 2.26. The van der Waals surface area contributed by atoms with Crippen molar-refractivity contribution < 1.29 is 4.42 Å². The summed E-state index contributed by atoms with van der Waals surface area (Å²) in [6.45, 7) is 9.28. The number of fused-ring (bicyclic) bond motifs is 1. The Balaban J connectivity index is 1.22. The van der Waals surface area contributed by atoms with E-state index in [4.69, 9.17) is 4.42 Å². The average molecular weight is 413 g/mol. The van der Waals surface area contributed by atoms with Crippen molar-refractivity contribution in [3.8, 4) is 11.5 Å². The van der Waals surface area contributed by atoms with Gasteiger partial charge in [-0.3, -0.25) is 9.80 Å². The summed E-state index contributed by atoms with van der Waals surface area (Å²) >= 11 is 0. The van der Waals surface area contributed by atoms with E-state index in [-0.39, 0.29) is 6.04 Å². The van der Waals surface area contributed by atoms with Crippen LogP contribution in [-0.4, -0.2) is 46.2 Å². The molecule has 158 valence electrons. The highest BCUT2D eigenvalue weighted by atomic mass is 16.4. The summed E-state index contributed by atoms with van der Waals surface area (Å²) in [6, 6.07) is 23.6. The topological polar surface area (TPSA) is 45.4 Å². The molecule has 1 aromatic heterocycles. The number of nitrogens with zero attached hydrogens (tertiary/aromatic N) is 4. The van der Waals surface area contributed by atoms with Crippen molar-refractivity contribution in [3.05, 3.63) is 83.7 Å². The molecule has 0 N–H and O–H groups in total. The molecule has 1 saturated heterocycles. The van der Waals surface area contributed by atoms with Crippen LogP contribution >= 0.6 is 0 Å². The Hall–Kier alpha value is -3.02. The molecule has 5 heteroatoms.